The monoisotopic (exact) mass is 553 g/mol. The molecule has 2 atom stereocenters. The largest absolute Gasteiger partial charge is 0.494 e. The summed E-state index contributed by atoms with van der Waals surface area (Å²) in [5.74, 6) is 1.89. The molecule has 0 spiro atoms. The zero-order valence-corrected chi connectivity index (χ0v) is 23.3. The van der Waals surface area contributed by atoms with Crippen LogP contribution in [0.1, 0.15) is 36.1 Å². The summed E-state index contributed by atoms with van der Waals surface area (Å²) in [5.41, 5.74) is 1.32. The zero-order chi connectivity index (χ0) is 28.0. The van der Waals surface area contributed by atoms with E-state index >= 15 is 0 Å². The van der Waals surface area contributed by atoms with E-state index in [0.29, 0.717) is 28.8 Å². The molecule has 11 nitrogen and oxygen atoms in total. The Morgan fingerprint density at radius 1 is 0.872 bits per heavy atom. The maximum Gasteiger partial charge on any atom is 0.175 e. The van der Waals surface area contributed by atoms with Gasteiger partial charge in [-0.05, 0) is 43.7 Å². The van der Waals surface area contributed by atoms with Gasteiger partial charge in [0.2, 0.25) is 0 Å². The summed E-state index contributed by atoms with van der Waals surface area (Å²) in [5, 5.41) is 7.57. The van der Waals surface area contributed by atoms with Gasteiger partial charge in [0, 0.05) is 19.5 Å². The molecule has 206 valence electrons. The standard InChI is InChI=1S/C27H31N5O6S/c1-18-14-28-27(29-15-18)26(37-5)19(2)39(33,34)17-24-31-30-23(16-38-20-10-7-6-8-11-20)32(24)25-21(35-3)12-9-13-22(25)36-4/h6-15,19,26H,16-17H2,1-5H3/t19-,26-/m0/s1. The molecule has 0 aliphatic carbocycles. The van der Waals surface area contributed by atoms with Gasteiger partial charge in [-0.3, -0.25) is 4.57 Å². The first-order valence-corrected chi connectivity index (χ1v) is 13.9. The molecule has 4 rings (SSSR count). The van der Waals surface area contributed by atoms with Crippen LogP contribution in [0.5, 0.6) is 17.2 Å². The van der Waals surface area contributed by atoms with E-state index in [4.69, 9.17) is 18.9 Å². The first kappa shape index (κ1) is 28.0. The number of aryl methyl sites for hydroxylation is 1. The Kier molecular flexibility index (Phi) is 8.77. The van der Waals surface area contributed by atoms with Crippen molar-refractivity contribution in [1.29, 1.82) is 0 Å². The van der Waals surface area contributed by atoms with Gasteiger partial charge in [0.1, 0.15) is 41.4 Å². The predicted octanol–water partition coefficient (Wildman–Crippen LogP) is 3.65. The molecule has 0 saturated heterocycles. The Morgan fingerprint density at radius 3 is 2.08 bits per heavy atom. The highest BCUT2D eigenvalue weighted by Gasteiger charge is 2.35. The highest BCUT2D eigenvalue weighted by atomic mass is 32.2. The molecular weight excluding hydrogens is 522 g/mol. The van der Waals surface area contributed by atoms with Crippen LogP contribution < -0.4 is 14.2 Å². The van der Waals surface area contributed by atoms with E-state index in [9.17, 15) is 8.42 Å². The van der Waals surface area contributed by atoms with Crippen molar-refractivity contribution >= 4 is 9.84 Å². The number of hydrogen-bond donors (Lipinski definition) is 0. The lowest BCUT2D eigenvalue weighted by Crippen LogP contribution is -2.30. The Morgan fingerprint density at radius 2 is 1.49 bits per heavy atom. The van der Waals surface area contributed by atoms with Crippen molar-refractivity contribution in [3.05, 3.63) is 84.0 Å². The summed E-state index contributed by atoms with van der Waals surface area (Å²) in [4.78, 5) is 8.55. The van der Waals surface area contributed by atoms with Crippen LogP contribution in [0.2, 0.25) is 0 Å². The van der Waals surface area contributed by atoms with E-state index < -0.39 is 26.9 Å². The van der Waals surface area contributed by atoms with Gasteiger partial charge in [0.05, 0.1) is 19.5 Å². The van der Waals surface area contributed by atoms with Gasteiger partial charge in [-0.1, -0.05) is 24.3 Å². The molecule has 2 aromatic heterocycles. The Bertz CT molecular complexity index is 1470. The minimum Gasteiger partial charge on any atom is -0.494 e. The first-order chi connectivity index (χ1) is 18.8. The second kappa shape index (κ2) is 12.2. The zero-order valence-electron chi connectivity index (χ0n) is 22.4. The number of aromatic nitrogens is 5. The average Bonchev–Trinajstić information content (AvgIpc) is 3.34. The third-order valence-corrected chi connectivity index (χ3v) is 8.21. The average molecular weight is 554 g/mol. The molecule has 4 aromatic rings. The number of methoxy groups -OCH3 is 3. The fraction of sp³-hybridized carbons (Fsp3) is 0.333. The van der Waals surface area contributed by atoms with Crippen molar-refractivity contribution in [2.45, 2.75) is 37.6 Å². The second-order valence-electron chi connectivity index (χ2n) is 8.77. The Hall–Kier alpha value is -4.03. The number of benzene rings is 2. The lowest BCUT2D eigenvalue weighted by Gasteiger charge is -2.22. The molecule has 12 heteroatoms. The maximum absolute atomic E-state index is 13.7. The van der Waals surface area contributed by atoms with Crippen LogP contribution in [0.25, 0.3) is 5.69 Å². The fourth-order valence-electron chi connectivity index (χ4n) is 4.07. The molecule has 0 saturated carbocycles. The van der Waals surface area contributed by atoms with Crippen molar-refractivity contribution in [1.82, 2.24) is 24.7 Å². The van der Waals surface area contributed by atoms with Gasteiger partial charge in [0.15, 0.2) is 27.3 Å². The van der Waals surface area contributed by atoms with Crippen molar-refractivity contribution in [2.24, 2.45) is 0 Å². The van der Waals surface area contributed by atoms with Gasteiger partial charge >= 0.3 is 0 Å². The molecule has 0 fully saturated rings. The third kappa shape index (κ3) is 6.18. The smallest absolute Gasteiger partial charge is 0.175 e. The number of nitrogens with zero attached hydrogens (tertiary/aromatic N) is 5. The van der Waals surface area contributed by atoms with E-state index in [2.05, 4.69) is 20.2 Å². The molecule has 0 radical (unpaired) electrons. The summed E-state index contributed by atoms with van der Waals surface area (Å²) in [6.45, 7) is 3.44. The van der Waals surface area contributed by atoms with Crippen LogP contribution in [0.15, 0.2) is 60.9 Å². The Balaban J connectivity index is 1.75. The minimum atomic E-state index is -3.86. The number of ether oxygens (including phenoxy) is 4. The summed E-state index contributed by atoms with van der Waals surface area (Å²) in [6, 6.07) is 14.5. The summed E-state index contributed by atoms with van der Waals surface area (Å²) >= 11 is 0. The molecule has 2 heterocycles. The molecule has 0 N–H and O–H groups in total. The van der Waals surface area contributed by atoms with E-state index in [0.717, 1.165) is 5.56 Å². The normalized spacial score (nSPS) is 13.1. The minimum absolute atomic E-state index is 0.0196. The van der Waals surface area contributed by atoms with Crippen molar-refractivity contribution in [2.75, 3.05) is 21.3 Å². The quantitative estimate of drug-likeness (QED) is 0.256. The van der Waals surface area contributed by atoms with Crippen molar-refractivity contribution in [3.8, 4) is 22.9 Å². The van der Waals surface area contributed by atoms with E-state index in [1.54, 1.807) is 42.1 Å². The molecule has 0 bridgehead atoms. The number of hydrogen-bond acceptors (Lipinski definition) is 10. The van der Waals surface area contributed by atoms with Gasteiger partial charge in [-0.15, -0.1) is 10.2 Å². The number of rotatable bonds is 12. The van der Waals surface area contributed by atoms with Gasteiger partial charge in [0.25, 0.3) is 0 Å². The molecule has 39 heavy (non-hydrogen) atoms. The van der Waals surface area contributed by atoms with Crippen molar-refractivity contribution < 1.29 is 27.4 Å². The summed E-state index contributed by atoms with van der Waals surface area (Å²) in [7, 11) is 0.614. The van der Waals surface area contributed by atoms with Crippen LogP contribution >= 0.6 is 0 Å². The second-order valence-corrected chi connectivity index (χ2v) is 11.1. The van der Waals surface area contributed by atoms with Crippen LogP contribution in [-0.2, 0) is 26.9 Å². The third-order valence-electron chi connectivity index (χ3n) is 6.17. The highest BCUT2D eigenvalue weighted by molar-refractivity contribution is 7.91. The predicted molar refractivity (Wildman–Crippen MR) is 144 cm³/mol. The molecule has 0 aliphatic heterocycles. The van der Waals surface area contributed by atoms with Gasteiger partial charge in [-0.2, -0.15) is 0 Å². The molecule has 2 aromatic carbocycles. The number of para-hydroxylation sites is 2. The van der Waals surface area contributed by atoms with Gasteiger partial charge < -0.3 is 18.9 Å². The lowest BCUT2D eigenvalue weighted by atomic mass is 10.2. The topological polar surface area (TPSA) is 128 Å². The number of sulfone groups is 1. The SMILES string of the molecule is COc1cccc(OC)c1-n1c(COc2ccccc2)nnc1CS(=O)(=O)[C@@H](C)[C@H](OC)c1ncc(C)cn1. The van der Waals surface area contributed by atoms with Crippen LogP contribution in [-0.4, -0.2) is 59.7 Å². The van der Waals surface area contributed by atoms with E-state index in [1.807, 2.05) is 37.3 Å². The summed E-state index contributed by atoms with van der Waals surface area (Å²) < 4.78 is 51.7. The molecule has 0 unspecified atom stereocenters. The molecule has 0 aliphatic rings. The maximum atomic E-state index is 13.7. The van der Waals surface area contributed by atoms with Crippen LogP contribution in [0, 0.1) is 6.92 Å². The Labute approximate surface area is 227 Å². The van der Waals surface area contributed by atoms with E-state index in [1.165, 1.54) is 21.3 Å². The molecular formula is C27H31N5O6S. The van der Waals surface area contributed by atoms with Crippen molar-refractivity contribution in [3.63, 3.8) is 0 Å². The first-order valence-electron chi connectivity index (χ1n) is 12.1. The van der Waals surface area contributed by atoms with Crippen LogP contribution in [0.3, 0.4) is 0 Å². The highest BCUT2D eigenvalue weighted by Crippen LogP contribution is 2.35. The van der Waals surface area contributed by atoms with Gasteiger partial charge in [-0.25, -0.2) is 18.4 Å². The lowest BCUT2D eigenvalue weighted by molar-refractivity contribution is 0.0947. The summed E-state index contributed by atoms with van der Waals surface area (Å²) in [6.07, 6.45) is 2.36. The van der Waals surface area contributed by atoms with Crippen LogP contribution in [0.4, 0.5) is 0 Å². The fourth-order valence-corrected chi connectivity index (χ4v) is 5.49. The molecule has 0 amide bonds. The van der Waals surface area contributed by atoms with E-state index in [-0.39, 0.29) is 18.3 Å².